The number of amides is 1. The Kier molecular flexibility index (Phi) is 5.88. The SMILES string of the molecule is C=C(C)CN=c1scc(-c2ccc3c(c2)NC(=O)CO3)n1N=C1CC(C)CC(C)(C)C1. The van der Waals surface area contributed by atoms with Crippen molar-refractivity contribution < 1.29 is 9.53 Å². The van der Waals surface area contributed by atoms with Crippen LogP contribution in [0.5, 0.6) is 5.75 Å². The van der Waals surface area contributed by atoms with Crippen molar-refractivity contribution in [3.05, 3.63) is 40.5 Å². The van der Waals surface area contributed by atoms with Gasteiger partial charge in [-0.1, -0.05) is 32.9 Å². The Morgan fingerprint density at radius 3 is 2.97 bits per heavy atom. The number of hydrogen-bond acceptors (Lipinski definition) is 5. The van der Waals surface area contributed by atoms with E-state index in [0.717, 1.165) is 34.5 Å². The van der Waals surface area contributed by atoms with E-state index in [9.17, 15) is 4.79 Å². The molecule has 7 heteroatoms. The Morgan fingerprint density at radius 2 is 2.23 bits per heavy atom. The molecule has 1 aromatic heterocycles. The van der Waals surface area contributed by atoms with Gasteiger partial charge in [0.25, 0.3) is 5.91 Å². The van der Waals surface area contributed by atoms with Crippen LogP contribution in [0.25, 0.3) is 11.3 Å². The molecule has 1 unspecified atom stereocenters. The summed E-state index contributed by atoms with van der Waals surface area (Å²) in [4.78, 5) is 17.4. The van der Waals surface area contributed by atoms with E-state index in [1.807, 2.05) is 29.8 Å². The van der Waals surface area contributed by atoms with Crippen molar-refractivity contribution in [3.63, 3.8) is 0 Å². The van der Waals surface area contributed by atoms with Gasteiger partial charge in [-0.3, -0.25) is 9.79 Å². The summed E-state index contributed by atoms with van der Waals surface area (Å²) in [5, 5.41) is 10.1. The van der Waals surface area contributed by atoms with Crippen LogP contribution < -0.4 is 14.9 Å². The van der Waals surface area contributed by atoms with Gasteiger partial charge in [0.15, 0.2) is 6.61 Å². The second-order valence-electron chi connectivity index (χ2n) is 9.56. The number of ether oxygens (including phenoxy) is 1. The number of aromatic nitrogens is 1. The van der Waals surface area contributed by atoms with Crippen LogP contribution in [-0.2, 0) is 4.79 Å². The molecular formula is C24H30N4O2S. The van der Waals surface area contributed by atoms with Crippen LogP contribution in [0.3, 0.4) is 0 Å². The van der Waals surface area contributed by atoms with Crippen molar-refractivity contribution in [2.75, 3.05) is 18.5 Å². The Morgan fingerprint density at radius 1 is 1.42 bits per heavy atom. The molecule has 0 saturated heterocycles. The predicted molar refractivity (Wildman–Crippen MR) is 127 cm³/mol. The smallest absolute Gasteiger partial charge is 0.262 e. The number of thiazole rings is 1. The lowest BCUT2D eigenvalue weighted by molar-refractivity contribution is -0.118. The number of carbonyl (C=O) groups is 1. The average molecular weight is 439 g/mol. The minimum Gasteiger partial charge on any atom is -0.482 e. The highest BCUT2D eigenvalue weighted by molar-refractivity contribution is 7.07. The molecular weight excluding hydrogens is 408 g/mol. The Hall–Kier alpha value is -2.67. The van der Waals surface area contributed by atoms with E-state index in [-0.39, 0.29) is 17.9 Å². The summed E-state index contributed by atoms with van der Waals surface area (Å²) in [7, 11) is 0. The fourth-order valence-electron chi connectivity index (χ4n) is 4.48. The van der Waals surface area contributed by atoms with Gasteiger partial charge in [0.05, 0.1) is 17.9 Å². The minimum atomic E-state index is -0.140. The molecule has 1 atom stereocenters. The summed E-state index contributed by atoms with van der Waals surface area (Å²) in [5.74, 6) is 1.15. The summed E-state index contributed by atoms with van der Waals surface area (Å²) in [6, 6.07) is 5.85. The Bertz CT molecular complexity index is 1120. The molecule has 1 fully saturated rings. The highest BCUT2D eigenvalue weighted by Crippen LogP contribution is 2.37. The molecule has 1 saturated carbocycles. The van der Waals surface area contributed by atoms with Crippen LogP contribution >= 0.6 is 11.3 Å². The molecule has 164 valence electrons. The monoisotopic (exact) mass is 438 g/mol. The molecule has 1 amide bonds. The van der Waals surface area contributed by atoms with E-state index in [2.05, 4.69) is 38.0 Å². The zero-order valence-corrected chi connectivity index (χ0v) is 19.5. The highest BCUT2D eigenvalue weighted by atomic mass is 32.1. The van der Waals surface area contributed by atoms with Crippen LogP contribution in [0.1, 0.15) is 47.0 Å². The van der Waals surface area contributed by atoms with Crippen molar-refractivity contribution in [1.29, 1.82) is 0 Å². The second-order valence-corrected chi connectivity index (χ2v) is 10.4. The van der Waals surface area contributed by atoms with Crippen LogP contribution in [0.15, 0.2) is 45.8 Å². The normalized spacial score (nSPS) is 22.1. The molecule has 0 bridgehead atoms. The third-order valence-corrected chi connectivity index (χ3v) is 6.34. The molecule has 1 aliphatic heterocycles. The fourth-order valence-corrected chi connectivity index (χ4v) is 5.31. The van der Waals surface area contributed by atoms with Gasteiger partial charge >= 0.3 is 0 Å². The van der Waals surface area contributed by atoms with Gasteiger partial charge < -0.3 is 10.1 Å². The first-order valence-electron chi connectivity index (χ1n) is 10.7. The molecule has 31 heavy (non-hydrogen) atoms. The molecule has 4 rings (SSSR count). The van der Waals surface area contributed by atoms with Crippen LogP contribution in [0, 0.1) is 11.3 Å². The van der Waals surface area contributed by atoms with E-state index < -0.39 is 0 Å². The van der Waals surface area contributed by atoms with Gasteiger partial charge in [-0.05, 0) is 55.7 Å². The van der Waals surface area contributed by atoms with E-state index in [4.69, 9.17) is 14.8 Å². The average Bonchev–Trinajstić information content (AvgIpc) is 3.06. The molecule has 1 aromatic carbocycles. The third-order valence-electron chi connectivity index (χ3n) is 5.49. The Labute approximate surface area is 187 Å². The van der Waals surface area contributed by atoms with E-state index in [1.165, 1.54) is 12.1 Å². The van der Waals surface area contributed by atoms with Gasteiger partial charge in [0.1, 0.15) is 5.75 Å². The largest absolute Gasteiger partial charge is 0.482 e. The first-order valence-corrected chi connectivity index (χ1v) is 11.6. The number of nitrogens with zero attached hydrogens (tertiary/aromatic N) is 3. The topological polar surface area (TPSA) is 68.0 Å². The quantitative estimate of drug-likeness (QED) is 0.677. The van der Waals surface area contributed by atoms with E-state index >= 15 is 0 Å². The number of carbonyl (C=O) groups excluding carboxylic acids is 1. The molecule has 2 heterocycles. The van der Waals surface area contributed by atoms with Crippen LogP contribution in [-0.4, -0.2) is 29.4 Å². The van der Waals surface area contributed by atoms with Crippen LogP contribution in [0.4, 0.5) is 5.69 Å². The second kappa shape index (κ2) is 8.46. The maximum atomic E-state index is 11.8. The summed E-state index contributed by atoms with van der Waals surface area (Å²) in [6.45, 7) is 13.5. The van der Waals surface area contributed by atoms with Crippen molar-refractivity contribution in [3.8, 4) is 17.0 Å². The number of fused-ring (bicyclic) bond motifs is 1. The summed E-state index contributed by atoms with van der Waals surface area (Å²) < 4.78 is 7.47. The highest BCUT2D eigenvalue weighted by Gasteiger charge is 2.30. The number of anilines is 1. The van der Waals surface area contributed by atoms with E-state index in [0.29, 0.717) is 23.9 Å². The lowest BCUT2D eigenvalue weighted by atomic mass is 9.72. The molecule has 0 radical (unpaired) electrons. The third kappa shape index (κ3) is 4.98. The summed E-state index contributed by atoms with van der Waals surface area (Å²) >= 11 is 1.57. The number of benzene rings is 1. The number of rotatable bonds is 4. The van der Waals surface area contributed by atoms with Gasteiger partial charge in [0.2, 0.25) is 4.80 Å². The van der Waals surface area contributed by atoms with E-state index in [1.54, 1.807) is 11.3 Å². The van der Waals surface area contributed by atoms with Crippen molar-refractivity contribution in [2.45, 2.75) is 47.0 Å². The molecule has 2 aromatic rings. The lowest BCUT2D eigenvalue weighted by Crippen LogP contribution is -2.29. The van der Waals surface area contributed by atoms with Gasteiger partial charge in [-0.15, -0.1) is 11.3 Å². The minimum absolute atomic E-state index is 0.0519. The summed E-state index contributed by atoms with van der Waals surface area (Å²) in [6.07, 6.45) is 3.19. The lowest BCUT2D eigenvalue weighted by Gasteiger charge is -2.34. The molecule has 0 spiro atoms. The van der Waals surface area contributed by atoms with Gasteiger partial charge in [0, 0.05) is 16.7 Å². The number of hydrogen-bond donors (Lipinski definition) is 1. The fraction of sp³-hybridized carbons (Fsp3) is 0.458. The van der Waals surface area contributed by atoms with Crippen molar-refractivity contribution in [1.82, 2.24) is 4.68 Å². The van der Waals surface area contributed by atoms with Gasteiger partial charge in [-0.25, -0.2) is 4.68 Å². The zero-order valence-electron chi connectivity index (χ0n) is 18.7. The maximum absolute atomic E-state index is 11.8. The molecule has 1 aliphatic carbocycles. The maximum Gasteiger partial charge on any atom is 0.262 e. The molecule has 6 nitrogen and oxygen atoms in total. The predicted octanol–water partition coefficient (Wildman–Crippen LogP) is 5.07. The first kappa shape index (κ1) is 21.6. The standard InChI is InChI=1S/C24H30N4O2S/c1-15(2)12-25-23-28(27-18-8-16(3)10-24(4,5)11-18)20(14-31-23)17-6-7-21-19(9-17)26-22(29)13-30-21/h6-7,9,14,16H,1,8,10-13H2,2-5H3,(H,26,29). The Balaban J connectivity index is 1.80. The van der Waals surface area contributed by atoms with Crippen molar-refractivity contribution in [2.24, 2.45) is 21.4 Å². The first-order chi connectivity index (χ1) is 14.7. The summed E-state index contributed by atoms with van der Waals surface area (Å²) in [5.41, 5.74) is 5.06. The molecule has 2 aliphatic rings. The van der Waals surface area contributed by atoms with Gasteiger partial charge in [-0.2, -0.15) is 5.10 Å². The van der Waals surface area contributed by atoms with Crippen LogP contribution in [0.2, 0.25) is 0 Å². The molecule has 1 N–H and O–H groups in total. The number of nitrogens with one attached hydrogen (secondary N) is 1. The van der Waals surface area contributed by atoms with Crippen molar-refractivity contribution >= 4 is 28.6 Å². The zero-order chi connectivity index (χ0) is 22.2.